The Labute approximate surface area is 109 Å². The quantitative estimate of drug-likeness (QED) is 0.874. The molecule has 3 nitrogen and oxygen atoms in total. The third-order valence-corrected chi connectivity index (χ3v) is 3.90. The Hall–Kier alpha value is -1.06. The van der Waals surface area contributed by atoms with Crippen LogP contribution in [0.25, 0.3) is 0 Å². The number of hydrogen-bond donors (Lipinski definition) is 1. The molecule has 2 saturated heterocycles. The van der Waals surface area contributed by atoms with E-state index in [1.165, 1.54) is 24.9 Å². The van der Waals surface area contributed by atoms with E-state index < -0.39 is 0 Å². The molecule has 2 heterocycles. The Balaban J connectivity index is 1.52. The molecule has 1 N–H and O–H groups in total. The highest BCUT2D eigenvalue weighted by molar-refractivity contribution is 5.28. The van der Waals surface area contributed by atoms with E-state index in [4.69, 9.17) is 4.74 Å². The summed E-state index contributed by atoms with van der Waals surface area (Å²) in [5.41, 5.74) is 1.41. The van der Waals surface area contributed by atoms with Crippen LogP contribution in [0.4, 0.5) is 0 Å². The molecule has 0 amide bonds. The average Bonchev–Trinajstić information content (AvgIpc) is 2.82. The third-order valence-electron chi connectivity index (χ3n) is 3.90. The smallest absolute Gasteiger partial charge is 0.124 e. The lowest BCUT2D eigenvalue weighted by Crippen LogP contribution is -2.51. The molecule has 0 spiro atoms. The molecule has 3 rings (SSSR count). The fourth-order valence-electron chi connectivity index (χ4n) is 2.83. The first kappa shape index (κ1) is 12.0. The number of benzene rings is 1. The van der Waals surface area contributed by atoms with E-state index in [0.717, 1.165) is 25.3 Å². The summed E-state index contributed by atoms with van der Waals surface area (Å²) >= 11 is 0. The molecular formula is C15H22N2O. The summed E-state index contributed by atoms with van der Waals surface area (Å²) in [6.07, 6.45) is 4.16. The van der Waals surface area contributed by atoms with Crippen LogP contribution in [0, 0.1) is 0 Å². The molecule has 2 aliphatic rings. The van der Waals surface area contributed by atoms with Gasteiger partial charge in [0, 0.05) is 19.1 Å². The molecule has 1 aromatic carbocycles. The zero-order valence-electron chi connectivity index (χ0n) is 11.1. The minimum atomic E-state index is 0.386. The van der Waals surface area contributed by atoms with Crippen LogP contribution in [0.5, 0.6) is 5.75 Å². The SMILES string of the molecule is CN1CC(Oc2ccc(CC3CCCN3)cc2)C1. The molecule has 0 aliphatic carbocycles. The van der Waals surface area contributed by atoms with Gasteiger partial charge in [-0.05, 0) is 50.6 Å². The van der Waals surface area contributed by atoms with Gasteiger partial charge >= 0.3 is 0 Å². The highest BCUT2D eigenvalue weighted by Crippen LogP contribution is 2.19. The molecule has 1 atom stereocenters. The number of ether oxygens (including phenoxy) is 1. The molecule has 0 radical (unpaired) electrons. The standard InChI is InChI=1S/C15H22N2O/c1-17-10-15(11-17)18-14-6-4-12(5-7-14)9-13-3-2-8-16-13/h4-7,13,15-16H,2-3,8-11H2,1H3. The van der Waals surface area contributed by atoms with Crippen molar-refractivity contribution in [3.8, 4) is 5.75 Å². The van der Waals surface area contributed by atoms with Gasteiger partial charge in [-0.15, -0.1) is 0 Å². The number of hydrogen-bond acceptors (Lipinski definition) is 3. The fourth-order valence-corrected chi connectivity index (χ4v) is 2.83. The second-order valence-electron chi connectivity index (χ2n) is 5.60. The molecule has 2 fully saturated rings. The summed E-state index contributed by atoms with van der Waals surface area (Å²) in [5, 5.41) is 3.54. The van der Waals surface area contributed by atoms with Crippen molar-refractivity contribution in [1.29, 1.82) is 0 Å². The summed E-state index contributed by atoms with van der Waals surface area (Å²) < 4.78 is 5.89. The monoisotopic (exact) mass is 246 g/mol. The highest BCUT2D eigenvalue weighted by atomic mass is 16.5. The lowest BCUT2D eigenvalue weighted by molar-refractivity contribution is 0.0388. The maximum absolute atomic E-state index is 5.89. The molecule has 98 valence electrons. The molecule has 3 heteroatoms. The van der Waals surface area contributed by atoms with E-state index >= 15 is 0 Å². The highest BCUT2D eigenvalue weighted by Gasteiger charge is 2.24. The molecule has 0 saturated carbocycles. The van der Waals surface area contributed by atoms with Crippen molar-refractivity contribution in [2.45, 2.75) is 31.4 Å². The predicted molar refractivity (Wildman–Crippen MR) is 73.1 cm³/mol. The van der Waals surface area contributed by atoms with Gasteiger partial charge in [0.05, 0.1) is 0 Å². The largest absolute Gasteiger partial charge is 0.488 e. The van der Waals surface area contributed by atoms with Crippen molar-refractivity contribution in [2.24, 2.45) is 0 Å². The Kier molecular flexibility index (Phi) is 3.52. The summed E-state index contributed by atoms with van der Waals surface area (Å²) in [7, 11) is 2.12. The summed E-state index contributed by atoms with van der Waals surface area (Å²) in [5.74, 6) is 1.01. The van der Waals surface area contributed by atoms with Gasteiger partial charge in [0.25, 0.3) is 0 Å². The third kappa shape index (κ3) is 2.85. The van der Waals surface area contributed by atoms with E-state index in [0.29, 0.717) is 12.1 Å². The zero-order chi connectivity index (χ0) is 12.4. The Morgan fingerprint density at radius 3 is 2.67 bits per heavy atom. The van der Waals surface area contributed by atoms with Crippen molar-refractivity contribution >= 4 is 0 Å². The number of nitrogens with one attached hydrogen (secondary N) is 1. The van der Waals surface area contributed by atoms with Crippen molar-refractivity contribution in [3.05, 3.63) is 29.8 Å². The number of likely N-dealkylation sites (tertiary alicyclic amines) is 1. The van der Waals surface area contributed by atoms with Crippen LogP contribution in [-0.2, 0) is 6.42 Å². The van der Waals surface area contributed by atoms with Crippen LogP contribution in [0.15, 0.2) is 24.3 Å². The lowest BCUT2D eigenvalue weighted by Gasteiger charge is -2.36. The second-order valence-corrected chi connectivity index (χ2v) is 5.60. The zero-order valence-corrected chi connectivity index (χ0v) is 11.1. The van der Waals surface area contributed by atoms with E-state index in [1.807, 2.05) is 0 Å². The van der Waals surface area contributed by atoms with Crippen LogP contribution in [0.1, 0.15) is 18.4 Å². The molecule has 1 unspecified atom stereocenters. The van der Waals surface area contributed by atoms with Crippen molar-refractivity contribution < 1.29 is 4.74 Å². The topological polar surface area (TPSA) is 24.5 Å². The van der Waals surface area contributed by atoms with E-state index in [1.54, 1.807) is 0 Å². The minimum absolute atomic E-state index is 0.386. The normalized spacial score (nSPS) is 25.1. The van der Waals surface area contributed by atoms with Gasteiger partial charge in [-0.25, -0.2) is 0 Å². The van der Waals surface area contributed by atoms with Gasteiger partial charge in [0.2, 0.25) is 0 Å². The maximum Gasteiger partial charge on any atom is 0.124 e. The van der Waals surface area contributed by atoms with E-state index in [9.17, 15) is 0 Å². The van der Waals surface area contributed by atoms with Crippen molar-refractivity contribution in [1.82, 2.24) is 10.2 Å². The molecule has 18 heavy (non-hydrogen) atoms. The van der Waals surface area contributed by atoms with Gasteiger partial charge in [0.1, 0.15) is 11.9 Å². The van der Waals surface area contributed by atoms with E-state index in [2.05, 4.69) is 41.5 Å². The first-order chi connectivity index (χ1) is 8.79. The van der Waals surface area contributed by atoms with Crippen LogP contribution < -0.4 is 10.1 Å². The van der Waals surface area contributed by atoms with Gasteiger partial charge in [0.15, 0.2) is 0 Å². The predicted octanol–water partition coefficient (Wildman–Crippen LogP) is 1.67. The summed E-state index contributed by atoms with van der Waals surface area (Å²) in [4.78, 5) is 2.27. The Bertz CT molecular complexity index is 378. The van der Waals surface area contributed by atoms with Crippen LogP contribution >= 0.6 is 0 Å². The Morgan fingerprint density at radius 1 is 1.28 bits per heavy atom. The molecule has 0 bridgehead atoms. The first-order valence-electron chi connectivity index (χ1n) is 6.97. The summed E-state index contributed by atoms with van der Waals surface area (Å²) in [6.45, 7) is 3.28. The Morgan fingerprint density at radius 2 is 2.06 bits per heavy atom. The van der Waals surface area contributed by atoms with Gasteiger partial charge < -0.3 is 10.1 Å². The van der Waals surface area contributed by atoms with Crippen molar-refractivity contribution in [3.63, 3.8) is 0 Å². The molecule has 0 aromatic heterocycles. The average molecular weight is 246 g/mol. The molecular weight excluding hydrogens is 224 g/mol. The number of nitrogens with zero attached hydrogens (tertiary/aromatic N) is 1. The van der Waals surface area contributed by atoms with Gasteiger partial charge in [-0.1, -0.05) is 12.1 Å². The van der Waals surface area contributed by atoms with Crippen molar-refractivity contribution in [2.75, 3.05) is 26.7 Å². The first-order valence-corrected chi connectivity index (χ1v) is 6.97. The maximum atomic E-state index is 5.89. The van der Waals surface area contributed by atoms with Gasteiger partial charge in [-0.3, -0.25) is 4.90 Å². The number of rotatable bonds is 4. The van der Waals surface area contributed by atoms with Crippen LogP contribution in [0.3, 0.4) is 0 Å². The summed E-state index contributed by atoms with van der Waals surface area (Å²) in [6, 6.07) is 9.32. The second kappa shape index (κ2) is 5.29. The van der Waals surface area contributed by atoms with Crippen LogP contribution in [-0.4, -0.2) is 43.7 Å². The molecule has 1 aromatic rings. The van der Waals surface area contributed by atoms with E-state index in [-0.39, 0.29) is 0 Å². The van der Waals surface area contributed by atoms with Crippen LogP contribution in [0.2, 0.25) is 0 Å². The number of likely N-dealkylation sites (N-methyl/N-ethyl adjacent to an activating group) is 1. The lowest BCUT2D eigenvalue weighted by atomic mass is 10.0. The van der Waals surface area contributed by atoms with Gasteiger partial charge in [-0.2, -0.15) is 0 Å². The minimum Gasteiger partial charge on any atom is -0.488 e. The fraction of sp³-hybridized carbons (Fsp3) is 0.600. The molecule has 2 aliphatic heterocycles.